The first-order valence-electron chi connectivity index (χ1n) is 11.3. The van der Waals surface area contributed by atoms with Gasteiger partial charge in [-0.1, -0.05) is 18.2 Å². The first-order valence-corrected chi connectivity index (χ1v) is 11.7. The third-order valence-electron chi connectivity index (χ3n) is 6.88. The van der Waals surface area contributed by atoms with Gasteiger partial charge in [0.05, 0.1) is 23.3 Å². The highest BCUT2D eigenvalue weighted by atomic mass is 32.1. The SMILES string of the molecule is CC1=CC(C)(C)N(C)c2ccc([C@H]3[C@@H](c4ccccn4)NC(=S)N3Cc3ccncc3)cc21. The van der Waals surface area contributed by atoms with Crippen LogP contribution in [-0.4, -0.2) is 32.6 Å². The normalized spacial score (nSPS) is 21.5. The molecule has 168 valence electrons. The summed E-state index contributed by atoms with van der Waals surface area (Å²) in [6, 6.07) is 17.0. The molecule has 0 radical (unpaired) electrons. The average Bonchev–Trinajstić information content (AvgIpc) is 3.14. The number of aromatic nitrogens is 2. The molecule has 0 aliphatic carbocycles. The fourth-order valence-corrected chi connectivity index (χ4v) is 5.29. The molecule has 1 aromatic carbocycles. The van der Waals surface area contributed by atoms with E-state index in [1.807, 2.05) is 42.9 Å². The van der Waals surface area contributed by atoms with Crippen LogP contribution in [0.1, 0.15) is 55.2 Å². The van der Waals surface area contributed by atoms with Crippen molar-refractivity contribution in [1.29, 1.82) is 0 Å². The molecule has 0 spiro atoms. The number of likely N-dealkylation sites (N-methyl/N-ethyl adjacent to an activating group) is 1. The third-order valence-corrected chi connectivity index (χ3v) is 7.23. The molecule has 2 atom stereocenters. The number of fused-ring (bicyclic) bond motifs is 1. The number of benzene rings is 1. The van der Waals surface area contributed by atoms with Gasteiger partial charge < -0.3 is 15.1 Å². The van der Waals surface area contributed by atoms with Crippen molar-refractivity contribution in [2.45, 2.75) is 44.9 Å². The van der Waals surface area contributed by atoms with Gasteiger partial charge in [0.1, 0.15) is 0 Å². The van der Waals surface area contributed by atoms with Gasteiger partial charge >= 0.3 is 0 Å². The lowest BCUT2D eigenvalue weighted by molar-refractivity contribution is 0.311. The summed E-state index contributed by atoms with van der Waals surface area (Å²) in [6.07, 6.45) is 7.86. The molecule has 2 aromatic heterocycles. The standard InChI is InChI=1S/C27H29N5S/c1-18-16-27(2,3)31(4)23-9-8-20(15-21(18)23)25-24(22-7-5-6-12-29-22)30-26(33)32(25)17-19-10-13-28-14-11-19/h5-16,24-25H,17H2,1-4H3,(H,30,33)/t24-,25+/m1/s1. The number of hydrogen-bond acceptors (Lipinski definition) is 4. The zero-order valence-electron chi connectivity index (χ0n) is 19.5. The van der Waals surface area contributed by atoms with E-state index < -0.39 is 0 Å². The fourth-order valence-electron chi connectivity index (χ4n) is 4.99. The Bertz CT molecular complexity index is 1210. The molecule has 0 amide bonds. The molecule has 0 unspecified atom stereocenters. The van der Waals surface area contributed by atoms with Crippen LogP contribution < -0.4 is 10.2 Å². The molecule has 1 saturated heterocycles. The predicted octanol–water partition coefficient (Wildman–Crippen LogP) is 5.28. The minimum atomic E-state index is -0.0272. The van der Waals surface area contributed by atoms with Crippen molar-refractivity contribution in [2.24, 2.45) is 0 Å². The molecule has 4 heterocycles. The summed E-state index contributed by atoms with van der Waals surface area (Å²) in [6.45, 7) is 7.42. The van der Waals surface area contributed by atoms with E-state index in [0.29, 0.717) is 6.54 Å². The molecule has 0 saturated carbocycles. The quantitative estimate of drug-likeness (QED) is 0.540. The van der Waals surface area contributed by atoms with Crippen molar-refractivity contribution in [1.82, 2.24) is 20.2 Å². The monoisotopic (exact) mass is 455 g/mol. The van der Waals surface area contributed by atoms with Crippen LogP contribution in [0.25, 0.3) is 5.57 Å². The van der Waals surface area contributed by atoms with Crippen molar-refractivity contribution in [3.05, 3.63) is 95.6 Å². The second-order valence-corrected chi connectivity index (χ2v) is 9.81. The van der Waals surface area contributed by atoms with Gasteiger partial charge in [0, 0.05) is 43.4 Å². The van der Waals surface area contributed by atoms with Crippen LogP contribution in [0, 0.1) is 0 Å². The largest absolute Gasteiger partial charge is 0.366 e. The van der Waals surface area contributed by atoms with E-state index in [-0.39, 0.29) is 17.6 Å². The van der Waals surface area contributed by atoms with E-state index in [9.17, 15) is 0 Å². The Morgan fingerprint density at radius 2 is 1.85 bits per heavy atom. The van der Waals surface area contributed by atoms with Crippen molar-refractivity contribution < 1.29 is 0 Å². The second-order valence-electron chi connectivity index (χ2n) is 9.43. The molecule has 2 aliphatic heterocycles. The van der Waals surface area contributed by atoms with E-state index in [1.54, 1.807) is 0 Å². The Balaban J connectivity index is 1.60. The van der Waals surface area contributed by atoms with Gasteiger partial charge in [-0.25, -0.2) is 0 Å². The number of pyridine rings is 2. The highest BCUT2D eigenvalue weighted by Crippen LogP contribution is 2.44. The number of hydrogen-bond donors (Lipinski definition) is 1. The van der Waals surface area contributed by atoms with Crippen molar-refractivity contribution in [2.75, 3.05) is 11.9 Å². The molecule has 1 fully saturated rings. The molecule has 6 heteroatoms. The minimum absolute atomic E-state index is 0.0149. The van der Waals surface area contributed by atoms with Crippen LogP contribution in [-0.2, 0) is 6.54 Å². The van der Waals surface area contributed by atoms with Gasteiger partial charge in [0.2, 0.25) is 0 Å². The van der Waals surface area contributed by atoms with Crippen LogP contribution in [0.4, 0.5) is 5.69 Å². The van der Waals surface area contributed by atoms with Gasteiger partial charge in [-0.15, -0.1) is 0 Å². The van der Waals surface area contributed by atoms with Gasteiger partial charge in [0.25, 0.3) is 0 Å². The molecule has 5 nitrogen and oxygen atoms in total. The maximum atomic E-state index is 5.84. The first kappa shape index (κ1) is 21.6. The predicted molar refractivity (Wildman–Crippen MR) is 138 cm³/mol. The van der Waals surface area contributed by atoms with Crippen molar-refractivity contribution in [3.8, 4) is 0 Å². The summed E-state index contributed by atoms with van der Waals surface area (Å²) in [5.74, 6) is 0. The van der Waals surface area contributed by atoms with Crippen LogP contribution in [0.2, 0.25) is 0 Å². The Morgan fingerprint density at radius 3 is 2.58 bits per heavy atom. The maximum absolute atomic E-state index is 5.84. The van der Waals surface area contributed by atoms with Gasteiger partial charge in [0.15, 0.2) is 5.11 Å². The van der Waals surface area contributed by atoms with Crippen LogP contribution in [0.15, 0.2) is 73.2 Å². The van der Waals surface area contributed by atoms with Crippen molar-refractivity contribution in [3.63, 3.8) is 0 Å². The van der Waals surface area contributed by atoms with E-state index in [2.05, 4.69) is 83.2 Å². The minimum Gasteiger partial charge on any atom is -0.366 e. The summed E-state index contributed by atoms with van der Waals surface area (Å²) < 4.78 is 0. The highest BCUT2D eigenvalue weighted by molar-refractivity contribution is 7.80. The highest BCUT2D eigenvalue weighted by Gasteiger charge is 2.40. The summed E-state index contributed by atoms with van der Waals surface area (Å²) in [7, 11) is 2.17. The Labute approximate surface area is 201 Å². The molecular weight excluding hydrogens is 426 g/mol. The smallest absolute Gasteiger partial charge is 0.170 e. The molecule has 3 aromatic rings. The zero-order chi connectivity index (χ0) is 23.2. The van der Waals surface area contributed by atoms with Crippen LogP contribution in [0.5, 0.6) is 0 Å². The lowest BCUT2D eigenvalue weighted by Crippen LogP contribution is -2.42. The van der Waals surface area contributed by atoms with Crippen molar-refractivity contribution >= 4 is 28.6 Å². The topological polar surface area (TPSA) is 44.3 Å². The molecule has 2 aliphatic rings. The maximum Gasteiger partial charge on any atom is 0.170 e. The average molecular weight is 456 g/mol. The third kappa shape index (κ3) is 3.89. The Hall–Kier alpha value is -3.25. The molecular formula is C27H29N5S. The second kappa shape index (κ2) is 8.27. The Kier molecular flexibility index (Phi) is 5.41. The Morgan fingerprint density at radius 1 is 1.06 bits per heavy atom. The lowest BCUT2D eigenvalue weighted by atomic mass is 9.86. The van der Waals surface area contributed by atoms with Gasteiger partial charge in [-0.3, -0.25) is 9.97 Å². The molecule has 5 rings (SSSR count). The summed E-state index contributed by atoms with van der Waals surface area (Å²) in [5, 5.41) is 4.30. The number of nitrogens with zero attached hydrogens (tertiary/aromatic N) is 4. The van der Waals surface area contributed by atoms with Crippen LogP contribution in [0.3, 0.4) is 0 Å². The van der Waals surface area contributed by atoms with Gasteiger partial charge in [-0.05, 0) is 86.1 Å². The van der Waals surface area contributed by atoms with Gasteiger partial charge in [-0.2, -0.15) is 0 Å². The van der Waals surface area contributed by atoms with E-state index >= 15 is 0 Å². The molecule has 33 heavy (non-hydrogen) atoms. The van der Waals surface area contributed by atoms with E-state index in [0.717, 1.165) is 10.8 Å². The number of thiocarbonyl (C=S) groups is 1. The number of anilines is 1. The summed E-state index contributed by atoms with van der Waals surface area (Å²) >= 11 is 5.84. The summed E-state index contributed by atoms with van der Waals surface area (Å²) in [5.41, 5.74) is 7.22. The first-order chi connectivity index (χ1) is 15.8. The lowest BCUT2D eigenvalue weighted by Gasteiger charge is -2.41. The van der Waals surface area contributed by atoms with E-state index in [4.69, 9.17) is 12.2 Å². The number of nitrogens with one attached hydrogen (secondary N) is 1. The zero-order valence-corrected chi connectivity index (χ0v) is 20.3. The van der Waals surface area contributed by atoms with E-state index in [1.165, 1.54) is 28.0 Å². The fraction of sp³-hybridized carbons (Fsp3) is 0.296. The molecule has 0 bridgehead atoms. The number of rotatable bonds is 4. The molecule has 1 N–H and O–H groups in total. The summed E-state index contributed by atoms with van der Waals surface area (Å²) in [4.78, 5) is 13.5. The number of allylic oxidation sites excluding steroid dienone is 1. The van der Waals surface area contributed by atoms with Crippen LogP contribution >= 0.6 is 12.2 Å².